The second-order valence-corrected chi connectivity index (χ2v) is 6.05. The van der Waals surface area contributed by atoms with Crippen molar-refractivity contribution in [2.24, 2.45) is 0 Å². The van der Waals surface area contributed by atoms with Crippen LogP contribution in [0.25, 0.3) is 0 Å². The van der Waals surface area contributed by atoms with Crippen molar-refractivity contribution in [3.05, 3.63) is 58.9 Å². The Morgan fingerprint density at radius 1 is 1.16 bits per heavy atom. The number of anilines is 2. The van der Waals surface area contributed by atoms with Crippen molar-refractivity contribution in [1.29, 1.82) is 0 Å². The van der Waals surface area contributed by atoms with E-state index in [1.54, 1.807) is 12.1 Å². The first-order valence-electron chi connectivity index (χ1n) is 7.64. The third-order valence-electron chi connectivity index (χ3n) is 3.50. The largest absolute Gasteiger partial charge is 0.375 e. The molecule has 0 saturated heterocycles. The molecule has 132 valence electrons. The normalized spacial score (nSPS) is 10.2. The molecule has 5 nitrogen and oxygen atoms in total. The molecule has 0 bridgehead atoms. The van der Waals surface area contributed by atoms with Gasteiger partial charge in [-0.1, -0.05) is 29.3 Å². The molecule has 0 aliphatic heterocycles. The lowest BCUT2D eigenvalue weighted by Gasteiger charge is -2.18. The minimum Gasteiger partial charge on any atom is -0.375 e. The first-order chi connectivity index (χ1) is 11.8. The molecular weight excluding hydrogens is 345 g/mol. The van der Waals surface area contributed by atoms with Crippen molar-refractivity contribution in [2.75, 3.05) is 30.8 Å². The molecule has 0 radical (unpaired) electrons. The van der Waals surface area contributed by atoms with Crippen LogP contribution in [0.3, 0.4) is 0 Å². The fourth-order valence-electron chi connectivity index (χ4n) is 2.08. The fraction of sp³-hybridized carbons (Fsp3) is 0.222. The third-order valence-corrected chi connectivity index (χ3v) is 3.82. The first kappa shape index (κ1) is 18.7. The lowest BCUT2D eigenvalue weighted by atomic mass is 10.2. The zero-order valence-corrected chi connectivity index (χ0v) is 14.7. The van der Waals surface area contributed by atoms with Gasteiger partial charge in [0.25, 0.3) is 0 Å². The van der Waals surface area contributed by atoms with Crippen molar-refractivity contribution < 1.29 is 14.0 Å². The Hall–Kier alpha value is -2.60. The molecule has 2 aromatic carbocycles. The molecular formula is C18H19ClFN3O2. The molecule has 0 saturated carbocycles. The maximum atomic E-state index is 13.0. The summed E-state index contributed by atoms with van der Waals surface area (Å²) in [5.41, 5.74) is 2.22. The molecule has 0 heterocycles. The van der Waals surface area contributed by atoms with Crippen molar-refractivity contribution in [3.63, 3.8) is 0 Å². The van der Waals surface area contributed by atoms with E-state index in [1.807, 2.05) is 19.1 Å². The third kappa shape index (κ3) is 5.76. The smallest absolute Gasteiger partial charge is 0.243 e. The Morgan fingerprint density at radius 3 is 2.48 bits per heavy atom. The quantitative estimate of drug-likeness (QED) is 0.827. The zero-order chi connectivity index (χ0) is 18.4. The summed E-state index contributed by atoms with van der Waals surface area (Å²) in [6.07, 6.45) is 0. The highest BCUT2D eigenvalue weighted by molar-refractivity contribution is 6.33. The Labute approximate surface area is 150 Å². The molecule has 7 heteroatoms. The van der Waals surface area contributed by atoms with Gasteiger partial charge in [-0.05, 0) is 37.3 Å². The lowest BCUT2D eigenvalue weighted by molar-refractivity contribution is -0.131. The molecule has 0 aliphatic carbocycles. The van der Waals surface area contributed by atoms with Crippen LogP contribution in [0.15, 0.2) is 42.5 Å². The van der Waals surface area contributed by atoms with Gasteiger partial charge in [-0.3, -0.25) is 9.59 Å². The standard InChI is InChI=1S/C18H19ClFN3O2/c1-12-3-6-14(7-4-12)22-17(24)11-23(2)18(25)10-21-16-8-5-13(20)9-15(16)19/h3-9,21H,10-11H2,1-2H3,(H,22,24). The van der Waals surface area contributed by atoms with Crippen LogP contribution >= 0.6 is 11.6 Å². The van der Waals surface area contributed by atoms with Gasteiger partial charge in [-0.25, -0.2) is 4.39 Å². The van der Waals surface area contributed by atoms with E-state index < -0.39 is 5.82 Å². The Bertz CT molecular complexity index is 765. The number of halogens is 2. The number of aryl methyl sites for hydroxylation is 1. The molecule has 2 rings (SSSR count). The lowest BCUT2D eigenvalue weighted by Crippen LogP contribution is -2.38. The van der Waals surface area contributed by atoms with Gasteiger partial charge < -0.3 is 15.5 Å². The number of likely N-dealkylation sites (N-methyl/N-ethyl adjacent to an activating group) is 1. The average molecular weight is 364 g/mol. The summed E-state index contributed by atoms with van der Waals surface area (Å²) >= 11 is 5.89. The van der Waals surface area contributed by atoms with Crippen molar-refractivity contribution in [3.8, 4) is 0 Å². The van der Waals surface area contributed by atoms with E-state index in [9.17, 15) is 14.0 Å². The highest BCUT2D eigenvalue weighted by Gasteiger charge is 2.13. The second kappa shape index (κ2) is 8.48. The molecule has 0 atom stereocenters. The minimum atomic E-state index is -0.452. The Kier molecular flexibility index (Phi) is 6.36. The van der Waals surface area contributed by atoms with E-state index >= 15 is 0 Å². The van der Waals surface area contributed by atoms with Crippen LogP contribution < -0.4 is 10.6 Å². The SMILES string of the molecule is Cc1ccc(NC(=O)CN(C)C(=O)CNc2ccc(F)cc2Cl)cc1. The summed E-state index contributed by atoms with van der Waals surface area (Å²) < 4.78 is 13.0. The predicted molar refractivity (Wildman–Crippen MR) is 97.3 cm³/mol. The van der Waals surface area contributed by atoms with Crippen molar-refractivity contribution in [2.45, 2.75) is 6.92 Å². The zero-order valence-electron chi connectivity index (χ0n) is 14.0. The van der Waals surface area contributed by atoms with E-state index in [1.165, 1.54) is 24.1 Å². The number of rotatable bonds is 6. The average Bonchev–Trinajstić information content (AvgIpc) is 2.55. The number of hydrogen-bond donors (Lipinski definition) is 2. The molecule has 2 amide bonds. The number of carbonyl (C=O) groups excluding carboxylic acids is 2. The van der Waals surface area contributed by atoms with Gasteiger partial charge in [0, 0.05) is 12.7 Å². The minimum absolute atomic E-state index is 0.0559. The number of carbonyl (C=O) groups is 2. The van der Waals surface area contributed by atoms with Gasteiger partial charge in [-0.2, -0.15) is 0 Å². The van der Waals surface area contributed by atoms with Crippen molar-refractivity contribution >= 4 is 34.8 Å². The van der Waals surface area contributed by atoms with Gasteiger partial charge in [-0.15, -0.1) is 0 Å². The maximum Gasteiger partial charge on any atom is 0.243 e. The molecule has 0 spiro atoms. The Balaban J connectivity index is 1.82. The highest BCUT2D eigenvalue weighted by Crippen LogP contribution is 2.22. The molecule has 0 fully saturated rings. The van der Waals surface area contributed by atoms with Crippen LogP contribution in [0, 0.1) is 12.7 Å². The first-order valence-corrected chi connectivity index (χ1v) is 8.02. The molecule has 0 unspecified atom stereocenters. The summed E-state index contributed by atoms with van der Waals surface area (Å²) in [4.78, 5) is 25.4. The number of nitrogens with zero attached hydrogens (tertiary/aromatic N) is 1. The molecule has 2 aromatic rings. The topological polar surface area (TPSA) is 61.4 Å². The van der Waals surface area contributed by atoms with Crippen LogP contribution in [0.2, 0.25) is 5.02 Å². The van der Waals surface area contributed by atoms with Gasteiger partial charge in [0.05, 0.1) is 23.8 Å². The summed E-state index contributed by atoms with van der Waals surface area (Å²) in [6.45, 7) is 1.82. The van der Waals surface area contributed by atoms with Crippen LogP contribution in [0.5, 0.6) is 0 Å². The van der Waals surface area contributed by atoms with E-state index in [0.29, 0.717) is 11.4 Å². The van der Waals surface area contributed by atoms with Crippen molar-refractivity contribution in [1.82, 2.24) is 4.90 Å². The molecule has 25 heavy (non-hydrogen) atoms. The van der Waals surface area contributed by atoms with E-state index in [-0.39, 0.29) is 29.9 Å². The highest BCUT2D eigenvalue weighted by atomic mass is 35.5. The number of amides is 2. The van der Waals surface area contributed by atoms with Crippen LogP contribution in [-0.4, -0.2) is 36.9 Å². The van der Waals surface area contributed by atoms with Crippen LogP contribution in [0.1, 0.15) is 5.56 Å². The molecule has 0 aliphatic rings. The predicted octanol–water partition coefficient (Wildman–Crippen LogP) is 3.30. The van der Waals surface area contributed by atoms with Crippen LogP contribution in [0.4, 0.5) is 15.8 Å². The van der Waals surface area contributed by atoms with E-state index in [2.05, 4.69) is 10.6 Å². The summed E-state index contributed by atoms with van der Waals surface area (Å²) in [5.74, 6) is -1.04. The summed E-state index contributed by atoms with van der Waals surface area (Å²) in [5, 5.41) is 5.74. The van der Waals surface area contributed by atoms with Gasteiger partial charge in [0.15, 0.2) is 0 Å². The van der Waals surface area contributed by atoms with Gasteiger partial charge in [0.1, 0.15) is 5.82 Å². The molecule has 2 N–H and O–H groups in total. The van der Waals surface area contributed by atoms with E-state index in [0.717, 1.165) is 11.6 Å². The maximum absolute atomic E-state index is 13.0. The Morgan fingerprint density at radius 2 is 1.84 bits per heavy atom. The van der Waals surface area contributed by atoms with Gasteiger partial charge in [0.2, 0.25) is 11.8 Å². The number of benzene rings is 2. The molecule has 0 aromatic heterocycles. The van der Waals surface area contributed by atoms with Gasteiger partial charge >= 0.3 is 0 Å². The number of nitrogens with one attached hydrogen (secondary N) is 2. The second-order valence-electron chi connectivity index (χ2n) is 5.64. The van der Waals surface area contributed by atoms with Crippen LogP contribution in [-0.2, 0) is 9.59 Å². The number of hydrogen-bond acceptors (Lipinski definition) is 3. The summed E-state index contributed by atoms with van der Waals surface area (Å²) in [6, 6.07) is 11.2. The summed E-state index contributed by atoms with van der Waals surface area (Å²) in [7, 11) is 1.53. The fourth-order valence-corrected chi connectivity index (χ4v) is 2.31. The van der Waals surface area contributed by atoms with E-state index in [4.69, 9.17) is 11.6 Å². The monoisotopic (exact) mass is 363 g/mol.